The summed E-state index contributed by atoms with van der Waals surface area (Å²) in [7, 11) is 0. The summed E-state index contributed by atoms with van der Waals surface area (Å²) >= 11 is 1.80. The van der Waals surface area contributed by atoms with Gasteiger partial charge >= 0.3 is 0 Å². The molecule has 0 aromatic carbocycles. The van der Waals surface area contributed by atoms with Gasteiger partial charge in [0.1, 0.15) is 0 Å². The third-order valence-electron chi connectivity index (χ3n) is 3.54. The van der Waals surface area contributed by atoms with Crippen LogP contribution in [0.2, 0.25) is 0 Å². The molecule has 0 aromatic heterocycles. The van der Waals surface area contributed by atoms with E-state index in [9.17, 15) is 5.11 Å². The van der Waals surface area contributed by atoms with E-state index in [0.29, 0.717) is 12.5 Å². The molecule has 0 spiro atoms. The number of aliphatic imine (C=N–C) groups is 1. The number of rotatable bonds is 5. The van der Waals surface area contributed by atoms with Crippen LogP contribution in [-0.4, -0.2) is 61.0 Å². The molecule has 2 unspecified atom stereocenters. The molecule has 6 heteroatoms. The second-order valence-corrected chi connectivity index (χ2v) is 6.44. The number of nitrogens with one attached hydrogen (secondary N) is 2. The van der Waals surface area contributed by atoms with E-state index in [1.165, 1.54) is 0 Å². The standard InChI is InChI=1S/C13H25N3O2S/c1-2-14-12(15-7-11-3-5-18-8-11)16-9-13(17)4-6-19-10-13/h11,17H,2-10H2,1H3,(H2,14,15,16). The predicted octanol–water partition coefficient (Wildman–Crippen LogP) is 0.446. The van der Waals surface area contributed by atoms with Crippen LogP contribution < -0.4 is 10.6 Å². The minimum atomic E-state index is -0.608. The van der Waals surface area contributed by atoms with Crippen molar-refractivity contribution >= 4 is 17.7 Å². The van der Waals surface area contributed by atoms with Gasteiger partial charge in [-0.05, 0) is 25.5 Å². The highest BCUT2D eigenvalue weighted by Gasteiger charge is 2.31. The molecular weight excluding hydrogens is 262 g/mol. The SMILES string of the molecule is CCNC(=NCC1(O)CCSC1)NCC1CCOC1. The van der Waals surface area contributed by atoms with E-state index in [1.54, 1.807) is 11.8 Å². The monoisotopic (exact) mass is 287 g/mol. The first-order chi connectivity index (χ1) is 9.22. The summed E-state index contributed by atoms with van der Waals surface area (Å²) in [5.74, 6) is 3.22. The van der Waals surface area contributed by atoms with Gasteiger partial charge < -0.3 is 20.5 Å². The van der Waals surface area contributed by atoms with E-state index in [0.717, 1.165) is 56.6 Å². The topological polar surface area (TPSA) is 65.9 Å². The lowest BCUT2D eigenvalue weighted by Crippen LogP contribution is -2.42. The maximum atomic E-state index is 10.3. The predicted molar refractivity (Wildman–Crippen MR) is 79.8 cm³/mol. The highest BCUT2D eigenvalue weighted by molar-refractivity contribution is 7.99. The van der Waals surface area contributed by atoms with Gasteiger partial charge in [-0.25, -0.2) is 0 Å². The lowest BCUT2D eigenvalue weighted by Gasteiger charge is -2.20. The van der Waals surface area contributed by atoms with Crippen LogP contribution in [0.3, 0.4) is 0 Å². The zero-order chi connectivity index (χ0) is 13.6. The van der Waals surface area contributed by atoms with Crippen molar-refractivity contribution < 1.29 is 9.84 Å². The Hall–Kier alpha value is -0.460. The number of thioether (sulfide) groups is 1. The van der Waals surface area contributed by atoms with Gasteiger partial charge in [0, 0.05) is 31.4 Å². The first kappa shape index (κ1) is 14.9. The minimum absolute atomic E-state index is 0.483. The summed E-state index contributed by atoms with van der Waals surface area (Å²) in [6, 6.07) is 0. The number of ether oxygens (including phenoxy) is 1. The number of guanidine groups is 1. The number of hydrogen-bond donors (Lipinski definition) is 3. The van der Waals surface area contributed by atoms with Crippen molar-refractivity contribution in [3.8, 4) is 0 Å². The van der Waals surface area contributed by atoms with Gasteiger partial charge in [-0.2, -0.15) is 11.8 Å². The Bertz CT molecular complexity index is 300. The normalized spacial score (nSPS) is 31.7. The molecule has 110 valence electrons. The van der Waals surface area contributed by atoms with Crippen molar-refractivity contribution in [1.82, 2.24) is 10.6 Å². The highest BCUT2D eigenvalue weighted by Crippen LogP contribution is 2.27. The molecule has 3 N–H and O–H groups in total. The Morgan fingerprint density at radius 1 is 1.53 bits per heavy atom. The van der Waals surface area contributed by atoms with Crippen molar-refractivity contribution in [2.75, 3.05) is 44.4 Å². The zero-order valence-corrected chi connectivity index (χ0v) is 12.5. The fraction of sp³-hybridized carbons (Fsp3) is 0.923. The number of hydrogen-bond acceptors (Lipinski definition) is 4. The minimum Gasteiger partial charge on any atom is -0.387 e. The second-order valence-electron chi connectivity index (χ2n) is 5.33. The van der Waals surface area contributed by atoms with Crippen LogP contribution in [0.5, 0.6) is 0 Å². The molecule has 5 nitrogen and oxygen atoms in total. The van der Waals surface area contributed by atoms with Gasteiger partial charge in [-0.1, -0.05) is 0 Å². The van der Waals surface area contributed by atoms with Gasteiger partial charge in [0.15, 0.2) is 5.96 Å². The molecule has 19 heavy (non-hydrogen) atoms. The Balaban J connectivity index is 1.79. The molecule has 2 atom stereocenters. The molecule has 0 amide bonds. The molecule has 0 aromatic rings. The Labute approximate surface area is 119 Å². The smallest absolute Gasteiger partial charge is 0.191 e. The van der Waals surface area contributed by atoms with Gasteiger partial charge in [0.2, 0.25) is 0 Å². The first-order valence-electron chi connectivity index (χ1n) is 7.12. The van der Waals surface area contributed by atoms with Gasteiger partial charge in [-0.15, -0.1) is 0 Å². The van der Waals surface area contributed by atoms with E-state index < -0.39 is 5.60 Å². The molecule has 2 fully saturated rings. The average molecular weight is 287 g/mol. The number of aliphatic hydroxyl groups is 1. The van der Waals surface area contributed by atoms with Crippen LogP contribution in [0, 0.1) is 5.92 Å². The summed E-state index contributed by atoms with van der Waals surface area (Å²) in [6.07, 6.45) is 1.96. The highest BCUT2D eigenvalue weighted by atomic mass is 32.2. The van der Waals surface area contributed by atoms with Crippen molar-refractivity contribution in [3.63, 3.8) is 0 Å². The van der Waals surface area contributed by atoms with E-state index in [-0.39, 0.29) is 0 Å². The zero-order valence-electron chi connectivity index (χ0n) is 11.7. The molecule has 2 aliphatic rings. The number of nitrogens with zero attached hydrogens (tertiary/aromatic N) is 1. The van der Waals surface area contributed by atoms with E-state index in [1.807, 2.05) is 0 Å². The van der Waals surface area contributed by atoms with Crippen LogP contribution >= 0.6 is 11.8 Å². The molecule has 2 heterocycles. The molecule has 2 saturated heterocycles. The fourth-order valence-electron chi connectivity index (χ4n) is 2.27. The van der Waals surface area contributed by atoms with Crippen LogP contribution in [0.1, 0.15) is 19.8 Å². The molecule has 0 bridgehead atoms. The van der Waals surface area contributed by atoms with Gasteiger partial charge in [-0.3, -0.25) is 4.99 Å². The first-order valence-corrected chi connectivity index (χ1v) is 8.27. The van der Waals surface area contributed by atoms with Crippen LogP contribution in [-0.2, 0) is 4.74 Å². The third kappa shape index (κ3) is 4.85. The summed E-state index contributed by atoms with van der Waals surface area (Å²) in [5.41, 5.74) is -0.608. The molecule has 2 rings (SSSR count). The summed E-state index contributed by atoms with van der Waals surface area (Å²) in [6.45, 7) is 5.97. The quantitative estimate of drug-likeness (QED) is 0.506. The molecule has 0 aliphatic carbocycles. The second kappa shape index (κ2) is 7.36. The molecule has 2 aliphatic heterocycles. The average Bonchev–Trinajstić information content (AvgIpc) is 3.05. The maximum absolute atomic E-state index is 10.3. The van der Waals surface area contributed by atoms with Crippen molar-refractivity contribution in [1.29, 1.82) is 0 Å². The lowest BCUT2D eigenvalue weighted by molar-refractivity contribution is 0.0778. The fourth-order valence-corrected chi connectivity index (χ4v) is 3.56. The maximum Gasteiger partial charge on any atom is 0.191 e. The molecule has 0 radical (unpaired) electrons. The van der Waals surface area contributed by atoms with Crippen molar-refractivity contribution in [2.24, 2.45) is 10.9 Å². The van der Waals surface area contributed by atoms with Gasteiger partial charge in [0.25, 0.3) is 0 Å². The summed E-state index contributed by atoms with van der Waals surface area (Å²) < 4.78 is 5.36. The Morgan fingerprint density at radius 2 is 2.42 bits per heavy atom. The van der Waals surface area contributed by atoms with E-state index in [2.05, 4.69) is 22.5 Å². The molecular formula is C13H25N3O2S. The van der Waals surface area contributed by atoms with Crippen molar-refractivity contribution in [3.05, 3.63) is 0 Å². The largest absolute Gasteiger partial charge is 0.387 e. The third-order valence-corrected chi connectivity index (χ3v) is 4.77. The van der Waals surface area contributed by atoms with Crippen LogP contribution in [0.4, 0.5) is 0 Å². The lowest BCUT2D eigenvalue weighted by atomic mass is 10.0. The van der Waals surface area contributed by atoms with E-state index >= 15 is 0 Å². The van der Waals surface area contributed by atoms with Crippen LogP contribution in [0.15, 0.2) is 4.99 Å². The molecule has 0 saturated carbocycles. The Kier molecular flexibility index (Phi) is 5.78. The van der Waals surface area contributed by atoms with Gasteiger partial charge in [0.05, 0.1) is 18.8 Å². The van der Waals surface area contributed by atoms with Crippen molar-refractivity contribution in [2.45, 2.75) is 25.4 Å². The Morgan fingerprint density at radius 3 is 3.05 bits per heavy atom. The van der Waals surface area contributed by atoms with Crippen LogP contribution in [0.25, 0.3) is 0 Å². The summed E-state index contributed by atoms with van der Waals surface area (Å²) in [5, 5.41) is 16.9. The summed E-state index contributed by atoms with van der Waals surface area (Å²) in [4.78, 5) is 4.52. The van der Waals surface area contributed by atoms with E-state index in [4.69, 9.17) is 4.74 Å².